The molecule has 0 amide bonds. The van der Waals surface area contributed by atoms with Gasteiger partial charge in [0.1, 0.15) is 0 Å². The van der Waals surface area contributed by atoms with Gasteiger partial charge in [-0.15, -0.1) is 0 Å². The van der Waals surface area contributed by atoms with Crippen molar-refractivity contribution in [2.45, 2.75) is 32.8 Å². The van der Waals surface area contributed by atoms with Crippen molar-refractivity contribution in [3.8, 4) is 6.01 Å². The van der Waals surface area contributed by atoms with Gasteiger partial charge in [-0.1, -0.05) is 6.92 Å². The van der Waals surface area contributed by atoms with Gasteiger partial charge in [0, 0.05) is 19.0 Å². The molecule has 0 aromatic carbocycles. The van der Waals surface area contributed by atoms with E-state index in [0.29, 0.717) is 12.6 Å². The van der Waals surface area contributed by atoms with Gasteiger partial charge < -0.3 is 14.7 Å². The average molecular weight is 287 g/mol. The molecule has 2 rings (SSSR count). The Kier molecular flexibility index (Phi) is 4.76. The summed E-state index contributed by atoms with van der Waals surface area (Å²) in [5.41, 5.74) is 0. The second-order valence-corrected chi connectivity index (χ2v) is 5.11. The van der Waals surface area contributed by atoms with Crippen LogP contribution < -0.4 is 9.64 Å². The van der Waals surface area contributed by atoms with Crippen LogP contribution in [0, 0.1) is 5.92 Å². The van der Waals surface area contributed by atoms with Crippen molar-refractivity contribution < 1.29 is 9.84 Å². The fraction of sp³-hybridized carbons (Fsp3) is 0.750. The van der Waals surface area contributed by atoms with Crippen molar-refractivity contribution in [3.05, 3.63) is 5.28 Å². The van der Waals surface area contributed by atoms with Crippen LogP contribution in [-0.4, -0.2) is 45.9 Å². The Morgan fingerprint density at radius 3 is 2.89 bits per heavy atom. The van der Waals surface area contributed by atoms with Crippen LogP contribution in [0.5, 0.6) is 6.01 Å². The molecular formula is C12H19ClN4O2. The number of rotatable bonds is 5. The van der Waals surface area contributed by atoms with Crippen LogP contribution in [0.4, 0.5) is 5.95 Å². The molecule has 2 unspecified atom stereocenters. The molecule has 2 heterocycles. The lowest BCUT2D eigenvalue weighted by molar-refractivity contribution is 0.136. The minimum atomic E-state index is -0.321. The van der Waals surface area contributed by atoms with E-state index >= 15 is 0 Å². The zero-order valence-electron chi connectivity index (χ0n) is 11.2. The first-order valence-corrected chi connectivity index (χ1v) is 6.95. The number of aliphatic hydroxyl groups excluding tert-OH is 1. The molecule has 0 aliphatic carbocycles. The molecule has 0 saturated carbocycles. The number of aromatic nitrogens is 3. The maximum Gasteiger partial charge on any atom is 0.322 e. The molecular weight excluding hydrogens is 268 g/mol. The first-order valence-electron chi connectivity index (χ1n) is 6.57. The molecule has 0 bridgehead atoms. The molecule has 1 fully saturated rings. The molecule has 1 aromatic heterocycles. The van der Waals surface area contributed by atoms with E-state index in [9.17, 15) is 5.11 Å². The summed E-state index contributed by atoms with van der Waals surface area (Å²) in [6.45, 7) is 5.91. The van der Waals surface area contributed by atoms with E-state index in [1.54, 1.807) is 0 Å². The molecule has 2 atom stereocenters. The van der Waals surface area contributed by atoms with E-state index < -0.39 is 0 Å². The van der Waals surface area contributed by atoms with Gasteiger partial charge in [-0.25, -0.2) is 0 Å². The number of nitrogens with zero attached hydrogens (tertiary/aromatic N) is 4. The summed E-state index contributed by atoms with van der Waals surface area (Å²) in [7, 11) is 0. The number of halogens is 1. The van der Waals surface area contributed by atoms with Crippen LogP contribution >= 0.6 is 11.6 Å². The Morgan fingerprint density at radius 2 is 2.26 bits per heavy atom. The van der Waals surface area contributed by atoms with Crippen LogP contribution in [0.15, 0.2) is 0 Å². The topological polar surface area (TPSA) is 71.4 Å². The molecule has 0 radical (unpaired) electrons. The van der Waals surface area contributed by atoms with Crippen molar-refractivity contribution in [3.63, 3.8) is 0 Å². The minimum Gasteiger partial charge on any atom is -0.463 e. The van der Waals surface area contributed by atoms with Crippen LogP contribution in [0.2, 0.25) is 5.28 Å². The third-order valence-electron chi connectivity index (χ3n) is 3.20. The van der Waals surface area contributed by atoms with E-state index in [-0.39, 0.29) is 23.3 Å². The molecule has 1 aromatic rings. The van der Waals surface area contributed by atoms with Crippen LogP contribution in [0.1, 0.15) is 26.7 Å². The Labute approximate surface area is 117 Å². The summed E-state index contributed by atoms with van der Waals surface area (Å²) >= 11 is 5.89. The third kappa shape index (κ3) is 3.67. The van der Waals surface area contributed by atoms with Crippen molar-refractivity contribution in [1.29, 1.82) is 0 Å². The number of ether oxygens (including phenoxy) is 1. The fourth-order valence-electron chi connectivity index (χ4n) is 2.08. The van der Waals surface area contributed by atoms with E-state index in [4.69, 9.17) is 16.3 Å². The van der Waals surface area contributed by atoms with Gasteiger partial charge in [0.2, 0.25) is 11.2 Å². The SMILES string of the molecule is CCCOc1nc(Cl)nc(N2CCC(C(C)O)C2)n1. The smallest absolute Gasteiger partial charge is 0.322 e. The maximum absolute atomic E-state index is 9.61. The van der Waals surface area contributed by atoms with Crippen molar-refractivity contribution >= 4 is 17.5 Å². The molecule has 106 valence electrons. The van der Waals surface area contributed by atoms with Gasteiger partial charge in [0.05, 0.1) is 12.7 Å². The number of hydrogen-bond donors (Lipinski definition) is 1. The summed E-state index contributed by atoms with van der Waals surface area (Å²) < 4.78 is 5.39. The molecule has 1 saturated heterocycles. The van der Waals surface area contributed by atoms with Crippen LogP contribution in [0.25, 0.3) is 0 Å². The number of aliphatic hydroxyl groups is 1. The molecule has 1 aliphatic heterocycles. The summed E-state index contributed by atoms with van der Waals surface area (Å²) in [5, 5.41) is 9.75. The highest BCUT2D eigenvalue weighted by Gasteiger charge is 2.28. The second kappa shape index (κ2) is 6.34. The highest BCUT2D eigenvalue weighted by molar-refractivity contribution is 6.28. The van der Waals surface area contributed by atoms with E-state index in [0.717, 1.165) is 25.9 Å². The fourth-order valence-corrected chi connectivity index (χ4v) is 2.23. The maximum atomic E-state index is 9.61. The molecule has 1 aliphatic rings. The Balaban J connectivity index is 2.09. The largest absolute Gasteiger partial charge is 0.463 e. The van der Waals surface area contributed by atoms with Gasteiger partial charge in [-0.05, 0) is 31.4 Å². The van der Waals surface area contributed by atoms with Gasteiger partial charge in [0.15, 0.2) is 0 Å². The van der Waals surface area contributed by atoms with Gasteiger partial charge in [-0.3, -0.25) is 0 Å². The Bertz CT molecular complexity index is 430. The van der Waals surface area contributed by atoms with Gasteiger partial charge in [0.25, 0.3) is 0 Å². The summed E-state index contributed by atoms with van der Waals surface area (Å²) in [4.78, 5) is 14.3. The lowest BCUT2D eigenvalue weighted by Crippen LogP contribution is -2.25. The van der Waals surface area contributed by atoms with Crippen LogP contribution in [0.3, 0.4) is 0 Å². The minimum absolute atomic E-state index is 0.136. The zero-order chi connectivity index (χ0) is 13.8. The number of hydrogen-bond acceptors (Lipinski definition) is 6. The lowest BCUT2D eigenvalue weighted by atomic mass is 10.0. The predicted molar refractivity (Wildman–Crippen MR) is 72.6 cm³/mol. The quantitative estimate of drug-likeness (QED) is 0.885. The highest BCUT2D eigenvalue weighted by atomic mass is 35.5. The summed E-state index contributed by atoms with van der Waals surface area (Å²) in [5.74, 6) is 0.768. The normalized spacial score (nSPS) is 20.6. The first-order chi connectivity index (χ1) is 9.10. The number of anilines is 1. The summed E-state index contributed by atoms with van der Waals surface area (Å²) in [6.07, 6.45) is 1.48. The molecule has 7 heteroatoms. The Morgan fingerprint density at radius 1 is 1.47 bits per heavy atom. The first kappa shape index (κ1) is 14.3. The molecule has 1 N–H and O–H groups in total. The molecule has 19 heavy (non-hydrogen) atoms. The summed E-state index contributed by atoms with van der Waals surface area (Å²) in [6, 6.07) is 0.261. The zero-order valence-corrected chi connectivity index (χ0v) is 12.0. The van der Waals surface area contributed by atoms with Crippen molar-refractivity contribution in [2.24, 2.45) is 5.92 Å². The van der Waals surface area contributed by atoms with Crippen molar-refractivity contribution in [2.75, 3.05) is 24.6 Å². The highest BCUT2D eigenvalue weighted by Crippen LogP contribution is 2.24. The predicted octanol–water partition coefficient (Wildman–Crippen LogP) is 1.52. The monoisotopic (exact) mass is 286 g/mol. The average Bonchev–Trinajstić information content (AvgIpc) is 2.85. The van der Waals surface area contributed by atoms with Crippen LogP contribution in [-0.2, 0) is 0 Å². The third-order valence-corrected chi connectivity index (χ3v) is 3.37. The van der Waals surface area contributed by atoms with Gasteiger partial charge in [-0.2, -0.15) is 15.0 Å². The van der Waals surface area contributed by atoms with E-state index in [1.807, 2.05) is 18.7 Å². The van der Waals surface area contributed by atoms with Gasteiger partial charge >= 0.3 is 6.01 Å². The second-order valence-electron chi connectivity index (χ2n) is 4.77. The molecule has 6 nitrogen and oxygen atoms in total. The van der Waals surface area contributed by atoms with Crippen molar-refractivity contribution in [1.82, 2.24) is 15.0 Å². The standard InChI is InChI=1S/C12H19ClN4O2/c1-3-6-19-12-15-10(13)14-11(16-12)17-5-4-9(7-17)8(2)18/h8-9,18H,3-7H2,1-2H3. The van der Waals surface area contributed by atoms with E-state index in [1.165, 1.54) is 0 Å². The van der Waals surface area contributed by atoms with E-state index in [2.05, 4.69) is 15.0 Å². The molecule has 0 spiro atoms. The lowest BCUT2D eigenvalue weighted by Gasteiger charge is -2.17. The Hall–Kier alpha value is -1.14.